The maximum absolute atomic E-state index is 11.1. The van der Waals surface area contributed by atoms with Crippen LogP contribution in [-0.2, 0) is 0 Å². The van der Waals surface area contributed by atoms with Crippen LogP contribution in [-0.4, -0.2) is 10.9 Å². The highest BCUT2D eigenvalue weighted by molar-refractivity contribution is 7.19. The molecule has 0 aliphatic carbocycles. The van der Waals surface area contributed by atoms with Gasteiger partial charge in [0.15, 0.2) is 0 Å². The number of nitrogen functional groups attached to an aromatic ring is 1. The normalized spacial score (nSPS) is 9.69. The molecule has 86 valence electrons. The minimum atomic E-state index is -0.468. The third kappa shape index (κ3) is 2.14. The Kier molecular flexibility index (Phi) is 3.84. The topological polar surface area (TPSA) is 82.0 Å². The van der Waals surface area contributed by atoms with Gasteiger partial charge in [0.2, 0.25) is 0 Å². The van der Waals surface area contributed by atoms with Crippen LogP contribution in [0.1, 0.15) is 29.1 Å². The van der Waals surface area contributed by atoms with E-state index in [9.17, 15) is 4.79 Å². The summed E-state index contributed by atoms with van der Waals surface area (Å²) in [4.78, 5) is 16.1. The number of fused-ring (bicyclic) bond motifs is 1. The summed E-state index contributed by atoms with van der Waals surface area (Å²) in [7, 11) is 0. The lowest BCUT2D eigenvalue weighted by Gasteiger charge is -1.99. The molecule has 0 atom stereocenters. The van der Waals surface area contributed by atoms with E-state index in [1.54, 1.807) is 0 Å². The van der Waals surface area contributed by atoms with Gasteiger partial charge in [0, 0.05) is 16.5 Å². The van der Waals surface area contributed by atoms with Crippen molar-refractivity contribution in [1.29, 1.82) is 0 Å². The van der Waals surface area contributed by atoms with Crippen molar-refractivity contribution in [1.82, 2.24) is 4.98 Å². The first kappa shape index (κ1) is 12.4. The third-order valence-electron chi connectivity index (χ3n) is 1.97. The summed E-state index contributed by atoms with van der Waals surface area (Å²) in [6.07, 6.45) is 1.43. The molecule has 0 unspecified atom stereocenters. The van der Waals surface area contributed by atoms with Gasteiger partial charge in [0.05, 0.1) is 10.3 Å². The van der Waals surface area contributed by atoms with Crippen LogP contribution in [0.3, 0.4) is 0 Å². The van der Waals surface area contributed by atoms with Crippen molar-refractivity contribution in [3.05, 3.63) is 22.7 Å². The molecule has 4 nitrogen and oxygen atoms in total. The van der Waals surface area contributed by atoms with Gasteiger partial charge in [0.1, 0.15) is 5.82 Å². The molecule has 4 N–H and O–H groups in total. The van der Waals surface area contributed by atoms with Gasteiger partial charge in [0.25, 0.3) is 5.91 Å². The molecule has 0 aromatic carbocycles. The number of nitrogens with zero attached hydrogens (tertiary/aromatic N) is 1. The zero-order valence-electron chi connectivity index (χ0n) is 9.57. The lowest BCUT2D eigenvalue weighted by molar-refractivity contribution is 0.100. The van der Waals surface area contributed by atoms with Crippen molar-refractivity contribution in [2.75, 3.05) is 5.73 Å². The molecule has 0 aliphatic rings. The summed E-state index contributed by atoms with van der Waals surface area (Å²) in [6.45, 7) is 5.95. The van der Waals surface area contributed by atoms with E-state index in [0.717, 1.165) is 15.0 Å². The fraction of sp³-hybridized carbons (Fsp3) is 0.273. The first-order valence-electron chi connectivity index (χ1n) is 5.04. The average molecular weight is 237 g/mol. The number of aryl methyl sites for hydroxylation is 1. The van der Waals surface area contributed by atoms with E-state index in [1.165, 1.54) is 17.5 Å². The van der Waals surface area contributed by atoms with Crippen molar-refractivity contribution in [2.45, 2.75) is 20.8 Å². The molecule has 2 rings (SSSR count). The molecule has 1 amide bonds. The number of primary amides is 1. The number of amides is 1. The molecule has 2 aromatic rings. The standard InChI is InChI=1S/C9H9N3OS.C2H6/c1-4-2-5-7(14-4)6(9(11)13)3-12-8(5)10;1-2/h2-3H,1H3,(H2,10,12)(H2,11,13);1-2H3. The van der Waals surface area contributed by atoms with E-state index in [0.29, 0.717) is 11.4 Å². The number of rotatable bonds is 1. The molecular formula is C11H15N3OS. The Labute approximate surface area is 98.3 Å². The zero-order valence-corrected chi connectivity index (χ0v) is 10.4. The minimum absolute atomic E-state index is 0.437. The molecule has 2 heterocycles. The molecule has 2 aromatic heterocycles. The van der Waals surface area contributed by atoms with Crippen LogP contribution >= 0.6 is 11.3 Å². The molecule has 0 saturated heterocycles. The van der Waals surface area contributed by atoms with Gasteiger partial charge in [-0.15, -0.1) is 11.3 Å². The van der Waals surface area contributed by atoms with Gasteiger partial charge in [-0.1, -0.05) is 13.8 Å². The number of nitrogens with two attached hydrogens (primary N) is 2. The van der Waals surface area contributed by atoms with Gasteiger partial charge in [-0.2, -0.15) is 0 Å². The monoisotopic (exact) mass is 237 g/mol. The fourth-order valence-electron chi connectivity index (χ4n) is 1.34. The van der Waals surface area contributed by atoms with E-state index in [4.69, 9.17) is 11.5 Å². The number of anilines is 1. The lowest BCUT2D eigenvalue weighted by Crippen LogP contribution is -2.11. The maximum Gasteiger partial charge on any atom is 0.251 e. The SMILES string of the molecule is CC.Cc1cc2c(N)ncc(C(N)=O)c2s1. The Bertz CT molecular complexity index is 519. The molecule has 0 aliphatic heterocycles. The molecule has 0 saturated carbocycles. The molecule has 5 heteroatoms. The Hall–Kier alpha value is -1.62. The van der Waals surface area contributed by atoms with Crippen LogP contribution in [0.2, 0.25) is 0 Å². The second-order valence-corrected chi connectivity index (χ2v) is 4.28. The number of carbonyl (C=O) groups excluding carboxylic acids is 1. The molecule has 0 radical (unpaired) electrons. The highest BCUT2D eigenvalue weighted by Gasteiger charge is 2.11. The highest BCUT2D eigenvalue weighted by atomic mass is 32.1. The van der Waals surface area contributed by atoms with E-state index in [1.807, 2.05) is 26.8 Å². The summed E-state index contributed by atoms with van der Waals surface area (Å²) in [5.74, 6) is -0.0290. The van der Waals surface area contributed by atoms with Gasteiger partial charge in [-0.3, -0.25) is 4.79 Å². The molecule has 16 heavy (non-hydrogen) atoms. The predicted octanol–water partition coefficient (Wildman–Crippen LogP) is 2.31. The first-order valence-corrected chi connectivity index (χ1v) is 5.85. The lowest BCUT2D eigenvalue weighted by atomic mass is 10.2. The van der Waals surface area contributed by atoms with Crippen molar-refractivity contribution in [3.63, 3.8) is 0 Å². The second kappa shape index (κ2) is 4.94. The molecule has 0 spiro atoms. The number of hydrogen-bond donors (Lipinski definition) is 2. The van der Waals surface area contributed by atoms with Gasteiger partial charge >= 0.3 is 0 Å². The molecular weight excluding hydrogens is 222 g/mol. The quantitative estimate of drug-likeness (QED) is 0.798. The largest absolute Gasteiger partial charge is 0.383 e. The van der Waals surface area contributed by atoms with Crippen molar-refractivity contribution in [3.8, 4) is 0 Å². The summed E-state index contributed by atoms with van der Waals surface area (Å²) in [5, 5.41) is 0.809. The Balaban J connectivity index is 0.000000606. The minimum Gasteiger partial charge on any atom is -0.383 e. The van der Waals surface area contributed by atoms with E-state index in [-0.39, 0.29) is 0 Å². The molecule has 0 fully saturated rings. The fourth-order valence-corrected chi connectivity index (χ4v) is 2.38. The average Bonchev–Trinajstić information content (AvgIpc) is 2.63. The summed E-state index contributed by atoms with van der Waals surface area (Å²) >= 11 is 1.50. The zero-order chi connectivity index (χ0) is 12.3. The summed E-state index contributed by atoms with van der Waals surface area (Å²) < 4.78 is 0.822. The number of pyridine rings is 1. The number of aromatic nitrogens is 1. The van der Waals surface area contributed by atoms with Gasteiger partial charge in [-0.25, -0.2) is 4.98 Å². The summed E-state index contributed by atoms with van der Waals surface area (Å²) in [5.41, 5.74) is 11.3. The van der Waals surface area contributed by atoms with Crippen molar-refractivity contribution in [2.24, 2.45) is 5.73 Å². The van der Waals surface area contributed by atoms with Crippen LogP contribution in [0.4, 0.5) is 5.82 Å². The van der Waals surface area contributed by atoms with Crippen LogP contribution in [0.15, 0.2) is 12.3 Å². The van der Waals surface area contributed by atoms with Gasteiger partial charge < -0.3 is 11.5 Å². The maximum atomic E-state index is 11.1. The van der Waals surface area contributed by atoms with E-state index < -0.39 is 5.91 Å². The van der Waals surface area contributed by atoms with Crippen molar-refractivity contribution < 1.29 is 4.79 Å². The summed E-state index contributed by atoms with van der Waals surface area (Å²) in [6, 6.07) is 1.91. The Morgan fingerprint density at radius 3 is 2.62 bits per heavy atom. The first-order chi connectivity index (χ1) is 7.59. The smallest absolute Gasteiger partial charge is 0.251 e. The van der Waals surface area contributed by atoms with Crippen molar-refractivity contribution >= 4 is 33.1 Å². The van der Waals surface area contributed by atoms with E-state index in [2.05, 4.69) is 4.98 Å². The predicted molar refractivity (Wildman–Crippen MR) is 68.6 cm³/mol. The molecule has 0 bridgehead atoms. The number of carbonyl (C=O) groups is 1. The second-order valence-electron chi connectivity index (χ2n) is 3.02. The number of hydrogen-bond acceptors (Lipinski definition) is 4. The Morgan fingerprint density at radius 1 is 1.44 bits per heavy atom. The van der Waals surface area contributed by atoms with Crippen LogP contribution in [0.25, 0.3) is 10.1 Å². The third-order valence-corrected chi connectivity index (χ3v) is 3.06. The van der Waals surface area contributed by atoms with Crippen LogP contribution < -0.4 is 11.5 Å². The highest BCUT2D eigenvalue weighted by Crippen LogP contribution is 2.30. The van der Waals surface area contributed by atoms with Crippen LogP contribution in [0, 0.1) is 6.92 Å². The van der Waals surface area contributed by atoms with Gasteiger partial charge in [-0.05, 0) is 13.0 Å². The van der Waals surface area contributed by atoms with E-state index >= 15 is 0 Å². The van der Waals surface area contributed by atoms with Crippen LogP contribution in [0.5, 0.6) is 0 Å². The Morgan fingerprint density at radius 2 is 2.06 bits per heavy atom. The number of thiophene rings is 1.